The average Bonchev–Trinajstić information content (AvgIpc) is 2.29. The molecule has 0 atom stereocenters. The Morgan fingerprint density at radius 1 is 1.25 bits per heavy atom. The van der Waals surface area contributed by atoms with E-state index in [-0.39, 0.29) is 5.75 Å². The molecule has 0 radical (unpaired) electrons. The molecule has 16 heavy (non-hydrogen) atoms. The minimum Gasteiger partial charge on any atom is -0.504 e. The fourth-order valence-electron chi connectivity index (χ4n) is 1.88. The van der Waals surface area contributed by atoms with Crippen molar-refractivity contribution in [2.75, 3.05) is 7.11 Å². The van der Waals surface area contributed by atoms with Crippen molar-refractivity contribution in [2.45, 2.75) is 6.92 Å². The molecule has 1 N–H and O–H groups in total. The lowest BCUT2D eigenvalue weighted by Gasteiger charge is -2.11. The third-order valence-electron chi connectivity index (χ3n) is 2.69. The van der Waals surface area contributed by atoms with Crippen molar-refractivity contribution in [1.29, 1.82) is 0 Å². The number of phenols is 1. The summed E-state index contributed by atoms with van der Waals surface area (Å²) in [5.74, 6) is 0.395. The Bertz CT molecular complexity index is 559. The van der Waals surface area contributed by atoms with E-state index in [1.807, 2.05) is 13.0 Å². The van der Waals surface area contributed by atoms with Crippen molar-refractivity contribution in [2.24, 2.45) is 0 Å². The lowest BCUT2D eigenvalue weighted by Crippen LogP contribution is -1.92. The molecule has 0 saturated heterocycles. The van der Waals surface area contributed by atoms with E-state index in [2.05, 4.69) is 0 Å². The molecule has 3 heteroatoms. The number of fused-ring (bicyclic) bond motifs is 1. The number of carbonyl (C=O) groups excluding carboxylic acids is 1. The number of hydrogen-bond acceptors (Lipinski definition) is 3. The Morgan fingerprint density at radius 2 is 2.00 bits per heavy atom. The molecule has 0 unspecified atom stereocenters. The van der Waals surface area contributed by atoms with Gasteiger partial charge in [-0.3, -0.25) is 4.79 Å². The third-order valence-corrected chi connectivity index (χ3v) is 2.69. The van der Waals surface area contributed by atoms with E-state index < -0.39 is 0 Å². The topological polar surface area (TPSA) is 46.5 Å². The van der Waals surface area contributed by atoms with Gasteiger partial charge in [0, 0.05) is 10.9 Å². The van der Waals surface area contributed by atoms with E-state index in [1.54, 1.807) is 18.2 Å². The Hall–Kier alpha value is -2.03. The second-order valence-corrected chi connectivity index (χ2v) is 3.63. The minimum absolute atomic E-state index is 0.0451. The zero-order valence-corrected chi connectivity index (χ0v) is 9.15. The molecule has 0 spiro atoms. The van der Waals surface area contributed by atoms with Gasteiger partial charge in [-0.2, -0.15) is 0 Å². The van der Waals surface area contributed by atoms with Gasteiger partial charge in [0.05, 0.1) is 7.11 Å². The highest BCUT2D eigenvalue weighted by Gasteiger charge is 2.12. The lowest BCUT2D eigenvalue weighted by molar-refractivity contribution is 0.112. The summed E-state index contributed by atoms with van der Waals surface area (Å²) in [6.07, 6.45) is 0.768. The SMILES string of the molecule is COc1c(O)ccc2c(C)ccc(C=O)c12. The number of methoxy groups -OCH3 is 1. The molecule has 0 bridgehead atoms. The molecule has 0 heterocycles. The summed E-state index contributed by atoms with van der Waals surface area (Å²) in [5, 5.41) is 11.3. The Kier molecular flexibility index (Phi) is 2.52. The molecule has 0 fully saturated rings. The van der Waals surface area contributed by atoms with E-state index in [1.165, 1.54) is 7.11 Å². The van der Waals surface area contributed by atoms with Gasteiger partial charge in [-0.05, 0) is 23.9 Å². The minimum atomic E-state index is 0.0451. The predicted molar refractivity (Wildman–Crippen MR) is 62.3 cm³/mol. The first-order valence-corrected chi connectivity index (χ1v) is 4.93. The largest absolute Gasteiger partial charge is 0.504 e. The van der Waals surface area contributed by atoms with E-state index in [0.29, 0.717) is 16.7 Å². The number of carbonyl (C=O) groups is 1. The summed E-state index contributed by atoms with van der Waals surface area (Å²) in [7, 11) is 1.48. The summed E-state index contributed by atoms with van der Waals surface area (Å²) in [6, 6.07) is 6.97. The second-order valence-electron chi connectivity index (χ2n) is 3.63. The van der Waals surface area contributed by atoms with Crippen LogP contribution in [0, 0.1) is 6.92 Å². The van der Waals surface area contributed by atoms with Crippen LogP contribution in [0.1, 0.15) is 15.9 Å². The maximum Gasteiger partial charge on any atom is 0.169 e. The van der Waals surface area contributed by atoms with Crippen LogP contribution >= 0.6 is 0 Å². The number of ether oxygens (including phenoxy) is 1. The van der Waals surface area contributed by atoms with E-state index >= 15 is 0 Å². The van der Waals surface area contributed by atoms with Crippen LogP contribution in [0.15, 0.2) is 24.3 Å². The van der Waals surface area contributed by atoms with Crippen LogP contribution in [0.3, 0.4) is 0 Å². The third kappa shape index (κ3) is 1.41. The standard InChI is InChI=1S/C13H12O3/c1-8-3-4-9(7-14)12-10(8)5-6-11(15)13(12)16-2/h3-7,15H,1-2H3. The van der Waals surface area contributed by atoms with Crippen LogP contribution in [-0.4, -0.2) is 18.5 Å². The van der Waals surface area contributed by atoms with Crippen molar-refractivity contribution in [3.8, 4) is 11.5 Å². The summed E-state index contributed by atoms with van der Waals surface area (Å²) in [5.41, 5.74) is 1.56. The number of benzene rings is 2. The maximum absolute atomic E-state index is 11.0. The zero-order valence-electron chi connectivity index (χ0n) is 9.15. The molecule has 0 aliphatic carbocycles. The Balaban J connectivity index is 2.99. The van der Waals surface area contributed by atoms with Gasteiger partial charge in [0.2, 0.25) is 0 Å². The molecule has 0 aliphatic rings. The first kappa shape index (κ1) is 10.5. The fraction of sp³-hybridized carbons (Fsp3) is 0.154. The van der Waals surface area contributed by atoms with Crippen LogP contribution in [0.5, 0.6) is 11.5 Å². The van der Waals surface area contributed by atoms with Gasteiger partial charge in [0.1, 0.15) is 0 Å². The maximum atomic E-state index is 11.0. The zero-order chi connectivity index (χ0) is 11.7. The molecule has 3 nitrogen and oxygen atoms in total. The predicted octanol–water partition coefficient (Wildman–Crippen LogP) is 2.67. The highest BCUT2D eigenvalue weighted by molar-refractivity contribution is 6.04. The van der Waals surface area contributed by atoms with Crippen LogP contribution in [0.25, 0.3) is 10.8 Å². The lowest BCUT2D eigenvalue weighted by atomic mass is 9.99. The number of hydrogen-bond donors (Lipinski definition) is 1. The molecular weight excluding hydrogens is 204 g/mol. The number of aromatic hydroxyl groups is 1. The highest BCUT2D eigenvalue weighted by Crippen LogP contribution is 2.37. The molecule has 0 amide bonds. The van der Waals surface area contributed by atoms with Crippen molar-refractivity contribution in [3.63, 3.8) is 0 Å². The van der Waals surface area contributed by atoms with Crippen molar-refractivity contribution in [1.82, 2.24) is 0 Å². The molecule has 0 aliphatic heterocycles. The number of aryl methyl sites for hydroxylation is 1. The van der Waals surface area contributed by atoms with Crippen molar-refractivity contribution in [3.05, 3.63) is 35.4 Å². The quantitative estimate of drug-likeness (QED) is 0.785. The van der Waals surface area contributed by atoms with Crippen LogP contribution in [0.4, 0.5) is 0 Å². The first-order chi connectivity index (χ1) is 7.69. The van der Waals surface area contributed by atoms with Crippen molar-refractivity contribution >= 4 is 17.1 Å². The average molecular weight is 216 g/mol. The first-order valence-electron chi connectivity index (χ1n) is 4.93. The molecule has 2 aromatic rings. The van der Waals surface area contributed by atoms with Gasteiger partial charge in [0.25, 0.3) is 0 Å². The van der Waals surface area contributed by atoms with Gasteiger partial charge in [-0.25, -0.2) is 0 Å². The molecule has 2 rings (SSSR count). The molecule has 0 saturated carbocycles. The summed E-state index contributed by atoms with van der Waals surface area (Å²) < 4.78 is 5.15. The van der Waals surface area contributed by atoms with Crippen LogP contribution in [-0.2, 0) is 0 Å². The monoisotopic (exact) mass is 216 g/mol. The van der Waals surface area contributed by atoms with E-state index in [0.717, 1.165) is 17.2 Å². The Morgan fingerprint density at radius 3 is 2.62 bits per heavy atom. The molecule has 0 aromatic heterocycles. The second kappa shape index (κ2) is 3.85. The van der Waals surface area contributed by atoms with Crippen LogP contribution < -0.4 is 4.74 Å². The number of phenolic OH excluding ortho intramolecular Hbond substituents is 1. The number of rotatable bonds is 2. The van der Waals surface area contributed by atoms with E-state index in [9.17, 15) is 9.90 Å². The highest BCUT2D eigenvalue weighted by atomic mass is 16.5. The normalized spacial score (nSPS) is 10.4. The smallest absolute Gasteiger partial charge is 0.169 e. The summed E-state index contributed by atoms with van der Waals surface area (Å²) in [4.78, 5) is 11.0. The van der Waals surface area contributed by atoms with Gasteiger partial charge in [-0.15, -0.1) is 0 Å². The molecule has 2 aromatic carbocycles. The Labute approximate surface area is 93.3 Å². The summed E-state index contributed by atoms with van der Waals surface area (Å²) >= 11 is 0. The summed E-state index contributed by atoms with van der Waals surface area (Å²) in [6.45, 7) is 1.95. The molecule has 82 valence electrons. The molecular formula is C13H12O3. The fourth-order valence-corrected chi connectivity index (χ4v) is 1.88. The van der Waals surface area contributed by atoms with Gasteiger partial charge >= 0.3 is 0 Å². The van der Waals surface area contributed by atoms with E-state index in [4.69, 9.17) is 4.74 Å². The van der Waals surface area contributed by atoms with Gasteiger partial charge < -0.3 is 9.84 Å². The number of aldehydes is 1. The van der Waals surface area contributed by atoms with Crippen molar-refractivity contribution < 1.29 is 14.6 Å². The van der Waals surface area contributed by atoms with Crippen LogP contribution in [0.2, 0.25) is 0 Å². The van der Waals surface area contributed by atoms with Gasteiger partial charge in [-0.1, -0.05) is 18.2 Å². The van der Waals surface area contributed by atoms with Gasteiger partial charge in [0.15, 0.2) is 17.8 Å².